The topological polar surface area (TPSA) is 72.3 Å². The number of alkyl halides is 8. The fourth-order valence-electron chi connectivity index (χ4n) is 3.49. The van der Waals surface area contributed by atoms with E-state index in [9.17, 15) is 34.8 Å². The molecule has 0 saturated heterocycles. The maximum Gasteiger partial charge on any atom is 0.417 e. The third-order valence-electron chi connectivity index (χ3n) is 5.34. The summed E-state index contributed by atoms with van der Waals surface area (Å²) >= 11 is 0. The van der Waals surface area contributed by atoms with Crippen LogP contribution in [0.5, 0.6) is 0 Å². The van der Waals surface area contributed by atoms with Crippen LogP contribution in [-0.2, 0) is 28.1 Å². The third kappa shape index (κ3) is 4.45. The highest BCUT2D eigenvalue weighted by Crippen LogP contribution is 2.46. The number of benzene rings is 1. The lowest BCUT2D eigenvalue weighted by molar-refractivity contribution is -0.138. The smallest absolute Gasteiger partial charge is 0.253 e. The van der Waals surface area contributed by atoms with Gasteiger partial charge in [0.1, 0.15) is 17.1 Å². The minimum atomic E-state index is -4.89. The van der Waals surface area contributed by atoms with Gasteiger partial charge in [-0.3, -0.25) is 9.97 Å². The predicted molar refractivity (Wildman–Crippen MR) is 112 cm³/mol. The maximum atomic E-state index is 15.2. The summed E-state index contributed by atoms with van der Waals surface area (Å²) in [7, 11) is -4.30. The Morgan fingerprint density at radius 3 is 2.14 bits per heavy atom. The van der Waals surface area contributed by atoms with E-state index >= 15 is 8.78 Å². The van der Waals surface area contributed by atoms with E-state index in [2.05, 4.69) is 15.0 Å². The SMILES string of the molecule is CCS(=O)(=O)c1cc(-c2cccc(C(F)(F)F)c2)cnc1C1=Nc2cc(C(F)(F)F)cnc2C1(F)F. The molecule has 0 fully saturated rings. The van der Waals surface area contributed by atoms with E-state index in [1.165, 1.54) is 13.0 Å². The maximum absolute atomic E-state index is 15.2. The largest absolute Gasteiger partial charge is 0.417 e. The van der Waals surface area contributed by atoms with E-state index in [1.807, 2.05) is 0 Å². The van der Waals surface area contributed by atoms with E-state index in [1.54, 1.807) is 0 Å². The number of aromatic nitrogens is 2. The van der Waals surface area contributed by atoms with Gasteiger partial charge in [0.2, 0.25) is 0 Å². The van der Waals surface area contributed by atoms with Gasteiger partial charge < -0.3 is 0 Å². The van der Waals surface area contributed by atoms with Gasteiger partial charge in [-0.05, 0) is 29.8 Å². The first-order chi connectivity index (χ1) is 16.6. The molecule has 3 heterocycles. The average Bonchev–Trinajstić information content (AvgIpc) is 3.07. The molecule has 2 aromatic heterocycles. The number of pyridine rings is 2. The van der Waals surface area contributed by atoms with Gasteiger partial charge in [-0.2, -0.15) is 35.1 Å². The molecule has 0 saturated carbocycles. The second-order valence-electron chi connectivity index (χ2n) is 7.68. The van der Waals surface area contributed by atoms with Crippen molar-refractivity contribution in [1.29, 1.82) is 0 Å². The molecular formula is C22H13F8N3O2S. The summed E-state index contributed by atoms with van der Waals surface area (Å²) in [6, 6.07) is 5.09. The molecule has 0 spiro atoms. The Balaban J connectivity index is 1.90. The first-order valence-electron chi connectivity index (χ1n) is 10.0. The number of hydrogen-bond acceptors (Lipinski definition) is 5. The quantitative estimate of drug-likeness (QED) is 0.373. The van der Waals surface area contributed by atoms with E-state index in [-0.39, 0.29) is 17.3 Å². The Morgan fingerprint density at radius 1 is 0.861 bits per heavy atom. The molecule has 14 heteroatoms. The first kappa shape index (κ1) is 25.7. The van der Waals surface area contributed by atoms with Crippen LogP contribution in [0.3, 0.4) is 0 Å². The minimum absolute atomic E-state index is 0.0867. The molecule has 0 atom stereocenters. The lowest BCUT2D eigenvalue weighted by Gasteiger charge is -2.16. The number of aliphatic imine (C=N–C) groups is 1. The van der Waals surface area contributed by atoms with Crippen LogP contribution in [0.2, 0.25) is 0 Å². The lowest BCUT2D eigenvalue weighted by Crippen LogP contribution is -2.27. The Kier molecular flexibility index (Phi) is 5.93. The summed E-state index contributed by atoms with van der Waals surface area (Å²) in [5.41, 5.74) is -6.59. The fourth-order valence-corrected chi connectivity index (χ4v) is 4.55. The molecule has 0 unspecified atom stereocenters. The molecule has 0 bridgehead atoms. The molecule has 4 rings (SSSR count). The van der Waals surface area contributed by atoms with Crippen molar-refractivity contribution in [2.24, 2.45) is 4.99 Å². The molecule has 1 aliphatic rings. The minimum Gasteiger partial charge on any atom is -0.253 e. The standard InChI is InChI=1S/C22H13F8N3O2S/c1-2-36(34,35)16-7-12(11-4-3-5-13(6-11)21(25,26)27)9-31-17(16)19-20(23,24)18-15(33-19)8-14(10-32-18)22(28,29)30/h3-10H,2H2,1H3. The van der Waals surface area contributed by atoms with Crippen LogP contribution in [-0.4, -0.2) is 29.9 Å². The fraction of sp³-hybridized carbons (Fsp3) is 0.227. The highest BCUT2D eigenvalue weighted by Gasteiger charge is 2.50. The number of rotatable bonds is 4. The van der Waals surface area contributed by atoms with Gasteiger partial charge in [0.25, 0.3) is 0 Å². The molecule has 0 N–H and O–H groups in total. The average molecular weight is 535 g/mol. The molecular weight excluding hydrogens is 522 g/mol. The van der Waals surface area contributed by atoms with Crippen molar-refractivity contribution in [3.63, 3.8) is 0 Å². The summed E-state index contributed by atoms with van der Waals surface area (Å²) in [6.45, 7) is 1.20. The van der Waals surface area contributed by atoms with E-state index in [0.29, 0.717) is 6.07 Å². The van der Waals surface area contributed by atoms with Gasteiger partial charge in [0.15, 0.2) is 9.84 Å². The van der Waals surface area contributed by atoms with Crippen LogP contribution < -0.4 is 0 Å². The summed E-state index contributed by atoms with van der Waals surface area (Å²) in [4.78, 5) is 9.74. The zero-order chi connectivity index (χ0) is 26.7. The number of halogens is 8. The van der Waals surface area contributed by atoms with Crippen molar-refractivity contribution < 1.29 is 43.5 Å². The number of nitrogens with zero attached hydrogens (tertiary/aromatic N) is 3. The number of fused-ring (bicyclic) bond motifs is 1. The van der Waals surface area contributed by atoms with E-state index < -0.39 is 72.7 Å². The van der Waals surface area contributed by atoms with Crippen molar-refractivity contribution in [2.75, 3.05) is 5.75 Å². The second-order valence-corrected chi connectivity index (χ2v) is 9.92. The zero-order valence-corrected chi connectivity index (χ0v) is 18.7. The van der Waals surface area contributed by atoms with Gasteiger partial charge in [-0.15, -0.1) is 0 Å². The Hall–Kier alpha value is -3.42. The highest BCUT2D eigenvalue weighted by atomic mass is 32.2. The molecule has 5 nitrogen and oxygen atoms in total. The normalized spacial score (nSPS) is 15.5. The summed E-state index contributed by atoms with van der Waals surface area (Å²) in [5.74, 6) is -4.68. The third-order valence-corrected chi connectivity index (χ3v) is 7.08. The Labute approximate surface area is 198 Å². The van der Waals surface area contributed by atoms with Crippen LogP contribution in [0.4, 0.5) is 40.8 Å². The zero-order valence-electron chi connectivity index (χ0n) is 17.9. The van der Waals surface area contributed by atoms with Gasteiger partial charge >= 0.3 is 18.3 Å². The molecule has 1 aliphatic heterocycles. The summed E-state index contributed by atoms with van der Waals surface area (Å²) in [6.07, 6.45) is -8.50. The van der Waals surface area contributed by atoms with Gasteiger partial charge in [-0.25, -0.2) is 13.4 Å². The Bertz CT molecular complexity index is 1500. The van der Waals surface area contributed by atoms with Crippen molar-refractivity contribution in [1.82, 2.24) is 9.97 Å². The highest BCUT2D eigenvalue weighted by molar-refractivity contribution is 7.91. The molecule has 1 aromatic carbocycles. The van der Waals surface area contributed by atoms with E-state index in [4.69, 9.17) is 0 Å². The van der Waals surface area contributed by atoms with Crippen molar-refractivity contribution >= 4 is 21.2 Å². The lowest BCUT2D eigenvalue weighted by atomic mass is 10.0. The number of sulfone groups is 1. The summed E-state index contributed by atoms with van der Waals surface area (Å²) < 4.78 is 134. The van der Waals surface area contributed by atoms with Gasteiger partial charge in [0, 0.05) is 18.0 Å². The first-order valence-corrected chi connectivity index (χ1v) is 11.7. The van der Waals surface area contributed by atoms with Crippen molar-refractivity contribution in [3.8, 4) is 11.1 Å². The van der Waals surface area contributed by atoms with Crippen LogP contribution in [0, 0.1) is 0 Å². The Morgan fingerprint density at radius 2 is 1.53 bits per heavy atom. The second kappa shape index (κ2) is 8.32. The van der Waals surface area contributed by atoms with E-state index in [0.717, 1.165) is 30.5 Å². The molecule has 190 valence electrons. The molecule has 0 aliphatic carbocycles. The van der Waals surface area contributed by atoms with Crippen molar-refractivity contribution in [3.05, 3.63) is 71.3 Å². The van der Waals surface area contributed by atoms with Crippen LogP contribution in [0.1, 0.15) is 29.4 Å². The molecule has 3 aromatic rings. The molecule has 0 amide bonds. The van der Waals surface area contributed by atoms with Crippen LogP contribution >= 0.6 is 0 Å². The molecule has 0 radical (unpaired) electrons. The van der Waals surface area contributed by atoms with Gasteiger partial charge in [-0.1, -0.05) is 19.1 Å². The van der Waals surface area contributed by atoms with Crippen LogP contribution in [0.15, 0.2) is 58.7 Å². The monoisotopic (exact) mass is 535 g/mol. The summed E-state index contributed by atoms with van der Waals surface area (Å²) in [5, 5.41) is 0. The van der Waals surface area contributed by atoms with Gasteiger partial charge in [0.05, 0.1) is 27.5 Å². The molecule has 36 heavy (non-hydrogen) atoms. The van der Waals surface area contributed by atoms with Crippen molar-refractivity contribution in [2.45, 2.75) is 30.1 Å². The number of hydrogen-bond donors (Lipinski definition) is 0. The predicted octanol–water partition coefficient (Wildman–Crippen LogP) is 6.20. The van der Waals surface area contributed by atoms with Crippen LogP contribution in [0.25, 0.3) is 11.1 Å².